The van der Waals surface area contributed by atoms with E-state index in [1.807, 2.05) is 0 Å². The van der Waals surface area contributed by atoms with Gasteiger partial charge in [-0.2, -0.15) is 4.31 Å². The van der Waals surface area contributed by atoms with E-state index < -0.39 is 21.9 Å². The SMILES string of the molecule is CCOC(=O)c1c(S(=O)(=O)N2CCCC(C(=O)Nc3ccc4c(c3)OCO4)C2)c(C)n(C)c1C. The zero-order valence-corrected chi connectivity index (χ0v) is 20.5. The van der Waals surface area contributed by atoms with Crippen molar-refractivity contribution in [2.75, 3.05) is 31.8 Å². The van der Waals surface area contributed by atoms with E-state index in [1.54, 1.807) is 50.6 Å². The molecule has 2 aliphatic heterocycles. The fraction of sp³-hybridized carbons (Fsp3) is 0.478. The molecule has 1 saturated heterocycles. The highest BCUT2D eigenvalue weighted by molar-refractivity contribution is 7.89. The Balaban J connectivity index is 1.56. The number of hydrogen-bond acceptors (Lipinski definition) is 7. The van der Waals surface area contributed by atoms with Gasteiger partial charge in [-0.3, -0.25) is 4.79 Å². The predicted molar refractivity (Wildman–Crippen MR) is 124 cm³/mol. The number of nitrogens with one attached hydrogen (secondary N) is 1. The summed E-state index contributed by atoms with van der Waals surface area (Å²) in [5.41, 5.74) is 1.57. The van der Waals surface area contributed by atoms with Crippen molar-refractivity contribution in [2.45, 2.75) is 38.5 Å². The van der Waals surface area contributed by atoms with Crippen LogP contribution < -0.4 is 14.8 Å². The van der Waals surface area contributed by atoms with Crippen LogP contribution in [-0.2, 0) is 26.6 Å². The summed E-state index contributed by atoms with van der Waals surface area (Å²) in [6.45, 7) is 5.59. The minimum absolute atomic E-state index is 0.0222. The van der Waals surface area contributed by atoms with Crippen LogP contribution >= 0.6 is 0 Å². The third-order valence-corrected chi connectivity index (χ3v) is 8.42. The molecule has 0 spiro atoms. The number of sulfonamides is 1. The molecular weight excluding hydrogens is 462 g/mol. The van der Waals surface area contributed by atoms with Gasteiger partial charge in [0, 0.05) is 43.3 Å². The van der Waals surface area contributed by atoms with E-state index in [4.69, 9.17) is 14.2 Å². The van der Waals surface area contributed by atoms with Crippen molar-refractivity contribution in [3.63, 3.8) is 0 Å². The maximum atomic E-state index is 13.7. The Morgan fingerprint density at radius 3 is 2.65 bits per heavy atom. The fourth-order valence-corrected chi connectivity index (χ4v) is 6.40. The van der Waals surface area contributed by atoms with Crippen molar-refractivity contribution in [3.05, 3.63) is 35.2 Å². The van der Waals surface area contributed by atoms with Gasteiger partial charge >= 0.3 is 5.97 Å². The first-order valence-corrected chi connectivity index (χ1v) is 12.6. The molecule has 0 saturated carbocycles. The molecule has 34 heavy (non-hydrogen) atoms. The largest absolute Gasteiger partial charge is 0.462 e. The molecule has 4 rings (SSSR count). The third kappa shape index (κ3) is 4.25. The number of rotatable bonds is 6. The molecule has 1 aromatic heterocycles. The highest BCUT2D eigenvalue weighted by Gasteiger charge is 2.39. The molecule has 0 bridgehead atoms. The Bertz CT molecular complexity index is 1240. The van der Waals surface area contributed by atoms with Gasteiger partial charge in [0.25, 0.3) is 0 Å². The molecule has 1 atom stereocenters. The number of anilines is 1. The minimum Gasteiger partial charge on any atom is -0.462 e. The molecule has 0 aliphatic carbocycles. The Hall–Kier alpha value is -3.05. The van der Waals surface area contributed by atoms with Crippen molar-refractivity contribution in [1.82, 2.24) is 8.87 Å². The van der Waals surface area contributed by atoms with Gasteiger partial charge in [0.2, 0.25) is 22.7 Å². The van der Waals surface area contributed by atoms with Crippen molar-refractivity contribution in [2.24, 2.45) is 13.0 Å². The van der Waals surface area contributed by atoms with E-state index in [1.165, 1.54) is 4.31 Å². The lowest BCUT2D eigenvalue weighted by atomic mass is 9.98. The van der Waals surface area contributed by atoms with Crippen molar-refractivity contribution in [3.8, 4) is 11.5 Å². The lowest BCUT2D eigenvalue weighted by molar-refractivity contribution is -0.120. The first kappa shape index (κ1) is 24.1. The second-order valence-electron chi connectivity index (χ2n) is 8.41. The highest BCUT2D eigenvalue weighted by atomic mass is 32.2. The van der Waals surface area contributed by atoms with Crippen LogP contribution in [0.4, 0.5) is 5.69 Å². The Morgan fingerprint density at radius 1 is 1.18 bits per heavy atom. The number of aromatic nitrogens is 1. The van der Waals surface area contributed by atoms with E-state index in [9.17, 15) is 18.0 Å². The molecule has 10 nitrogen and oxygen atoms in total. The predicted octanol–water partition coefficient (Wildman–Crippen LogP) is 2.59. The number of piperidine rings is 1. The van der Waals surface area contributed by atoms with Gasteiger partial charge in [0.1, 0.15) is 10.5 Å². The molecule has 2 aromatic rings. The lowest BCUT2D eigenvalue weighted by Gasteiger charge is -2.31. The van der Waals surface area contributed by atoms with E-state index in [2.05, 4.69) is 5.32 Å². The minimum atomic E-state index is -4.04. The quantitative estimate of drug-likeness (QED) is 0.618. The van der Waals surface area contributed by atoms with Crippen molar-refractivity contribution in [1.29, 1.82) is 0 Å². The smallest absolute Gasteiger partial charge is 0.341 e. The summed E-state index contributed by atoms with van der Waals surface area (Å²) in [6, 6.07) is 5.11. The van der Waals surface area contributed by atoms with Crippen LogP contribution in [0.3, 0.4) is 0 Å². The maximum Gasteiger partial charge on any atom is 0.341 e. The Morgan fingerprint density at radius 2 is 1.91 bits per heavy atom. The van der Waals surface area contributed by atoms with Gasteiger partial charge in [-0.05, 0) is 45.7 Å². The molecule has 1 N–H and O–H groups in total. The number of carbonyl (C=O) groups is 2. The summed E-state index contributed by atoms with van der Waals surface area (Å²) >= 11 is 0. The molecule has 0 radical (unpaired) electrons. The van der Waals surface area contributed by atoms with Crippen LogP contribution in [-0.4, -0.2) is 55.7 Å². The molecule has 1 amide bonds. The van der Waals surface area contributed by atoms with Crippen LogP contribution in [0.2, 0.25) is 0 Å². The summed E-state index contributed by atoms with van der Waals surface area (Å²) in [5, 5.41) is 2.85. The molecule has 1 aromatic carbocycles. The average molecular weight is 492 g/mol. The van der Waals surface area contributed by atoms with Crippen molar-refractivity contribution >= 4 is 27.6 Å². The van der Waals surface area contributed by atoms with Crippen LogP contribution in [0.15, 0.2) is 23.1 Å². The van der Waals surface area contributed by atoms with Crippen LogP contribution in [0.1, 0.15) is 41.5 Å². The monoisotopic (exact) mass is 491 g/mol. The zero-order chi connectivity index (χ0) is 24.6. The van der Waals surface area contributed by atoms with Gasteiger partial charge in [0.15, 0.2) is 11.5 Å². The van der Waals surface area contributed by atoms with Crippen LogP contribution in [0, 0.1) is 19.8 Å². The van der Waals surface area contributed by atoms with E-state index in [0.717, 1.165) is 0 Å². The standard InChI is InChI=1S/C23H29N3O7S/c1-5-31-23(28)20-14(2)25(4)15(3)21(20)34(29,30)26-10-6-7-16(12-26)22(27)24-17-8-9-18-19(11-17)33-13-32-18/h8-9,11,16H,5-7,10,12-13H2,1-4H3,(H,24,27). The molecule has 1 unspecified atom stereocenters. The normalized spacial score (nSPS) is 18.1. The Kier molecular flexibility index (Phi) is 6.59. The number of hydrogen-bond donors (Lipinski definition) is 1. The second-order valence-corrected chi connectivity index (χ2v) is 10.3. The zero-order valence-electron chi connectivity index (χ0n) is 19.7. The second kappa shape index (κ2) is 9.30. The first-order chi connectivity index (χ1) is 16.1. The van der Waals surface area contributed by atoms with Gasteiger partial charge in [-0.1, -0.05) is 0 Å². The molecule has 2 aliphatic rings. The number of fused-ring (bicyclic) bond motifs is 1. The molecule has 1 fully saturated rings. The van der Waals surface area contributed by atoms with E-state index >= 15 is 0 Å². The number of ether oxygens (including phenoxy) is 3. The Labute approximate surface area is 198 Å². The summed E-state index contributed by atoms with van der Waals surface area (Å²) in [5.74, 6) is -0.322. The number of benzene rings is 1. The summed E-state index contributed by atoms with van der Waals surface area (Å²) < 4.78 is 46.1. The lowest BCUT2D eigenvalue weighted by Crippen LogP contribution is -2.44. The van der Waals surface area contributed by atoms with Gasteiger partial charge in [-0.25, -0.2) is 13.2 Å². The molecule has 184 valence electrons. The fourth-order valence-electron chi connectivity index (χ4n) is 4.40. The van der Waals surface area contributed by atoms with Crippen molar-refractivity contribution < 1.29 is 32.2 Å². The number of esters is 1. The van der Waals surface area contributed by atoms with Gasteiger partial charge in [0.05, 0.1) is 12.5 Å². The van der Waals surface area contributed by atoms with Crippen LogP contribution in [0.5, 0.6) is 11.5 Å². The number of carbonyl (C=O) groups excluding carboxylic acids is 2. The number of amides is 1. The third-order valence-electron chi connectivity index (χ3n) is 6.40. The highest BCUT2D eigenvalue weighted by Crippen LogP contribution is 2.35. The summed E-state index contributed by atoms with van der Waals surface area (Å²) in [6.07, 6.45) is 1.08. The topological polar surface area (TPSA) is 116 Å². The summed E-state index contributed by atoms with van der Waals surface area (Å²) in [4.78, 5) is 25.6. The molecular formula is C23H29N3O7S. The van der Waals surface area contributed by atoms with Crippen LogP contribution in [0.25, 0.3) is 0 Å². The molecule has 11 heteroatoms. The average Bonchev–Trinajstić information content (AvgIpc) is 3.37. The summed E-state index contributed by atoms with van der Waals surface area (Å²) in [7, 11) is -2.33. The van der Waals surface area contributed by atoms with E-state index in [0.29, 0.717) is 41.4 Å². The number of nitrogens with zero attached hydrogens (tertiary/aromatic N) is 2. The molecule has 3 heterocycles. The maximum absolute atomic E-state index is 13.7. The van der Waals surface area contributed by atoms with Gasteiger partial charge < -0.3 is 24.1 Å². The first-order valence-electron chi connectivity index (χ1n) is 11.2. The van der Waals surface area contributed by atoms with E-state index in [-0.39, 0.29) is 42.9 Å². The van der Waals surface area contributed by atoms with Gasteiger partial charge in [-0.15, -0.1) is 0 Å².